The van der Waals surface area contributed by atoms with Gasteiger partial charge < -0.3 is 11.1 Å². The number of benzene rings is 1. The summed E-state index contributed by atoms with van der Waals surface area (Å²) in [5, 5.41) is 3.38. The van der Waals surface area contributed by atoms with Gasteiger partial charge in [0.1, 0.15) is 0 Å². The number of nitrogens with one attached hydrogen (secondary N) is 1. The summed E-state index contributed by atoms with van der Waals surface area (Å²) in [5.41, 5.74) is 9.64. The normalized spacial score (nSPS) is 15.1. The third-order valence-electron chi connectivity index (χ3n) is 2.41. The predicted octanol–water partition coefficient (Wildman–Crippen LogP) is 1.50. The molecule has 64 valence electrons. The number of anilines is 1. The van der Waals surface area contributed by atoms with Crippen molar-refractivity contribution >= 4 is 5.69 Å². The molecule has 0 aliphatic carbocycles. The van der Waals surface area contributed by atoms with Gasteiger partial charge in [0.05, 0.1) is 0 Å². The first-order valence-corrected chi connectivity index (χ1v) is 4.46. The van der Waals surface area contributed by atoms with Crippen LogP contribution in [0.4, 0.5) is 5.69 Å². The van der Waals surface area contributed by atoms with Crippen LogP contribution >= 0.6 is 0 Å². The van der Waals surface area contributed by atoms with Gasteiger partial charge >= 0.3 is 0 Å². The number of hydrogen-bond acceptors (Lipinski definition) is 2. The Hall–Kier alpha value is -1.02. The lowest BCUT2D eigenvalue weighted by atomic mass is 9.98. The van der Waals surface area contributed by atoms with Crippen molar-refractivity contribution in [1.82, 2.24) is 0 Å². The zero-order valence-electron chi connectivity index (χ0n) is 7.14. The molecule has 0 saturated heterocycles. The first-order valence-electron chi connectivity index (χ1n) is 4.46. The first-order chi connectivity index (χ1) is 5.92. The molecule has 0 amide bonds. The first kappa shape index (κ1) is 7.62. The van der Waals surface area contributed by atoms with Crippen LogP contribution in [-0.2, 0) is 13.0 Å². The van der Waals surface area contributed by atoms with Crippen molar-refractivity contribution in [3.63, 3.8) is 0 Å². The maximum Gasteiger partial charge on any atom is 0.0375 e. The van der Waals surface area contributed by atoms with Crippen molar-refractivity contribution in [3.8, 4) is 0 Å². The summed E-state index contributed by atoms with van der Waals surface area (Å²) < 4.78 is 0. The van der Waals surface area contributed by atoms with Gasteiger partial charge in [-0.1, -0.05) is 12.1 Å². The summed E-state index contributed by atoms with van der Waals surface area (Å²) in [6.07, 6.45) is 2.40. The fourth-order valence-electron chi connectivity index (χ4n) is 1.77. The molecule has 2 rings (SSSR count). The van der Waals surface area contributed by atoms with Crippen LogP contribution in [0.3, 0.4) is 0 Å². The van der Waals surface area contributed by atoms with E-state index >= 15 is 0 Å². The van der Waals surface area contributed by atoms with Gasteiger partial charge in [-0.25, -0.2) is 0 Å². The summed E-state index contributed by atoms with van der Waals surface area (Å²) in [7, 11) is 0. The molecule has 12 heavy (non-hydrogen) atoms. The van der Waals surface area contributed by atoms with Gasteiger partial charge in [0.15, 0.2) is 0 Å². The zero-order valence-corrected chi connectivity index (χ0v) is 7.14. The van der Waals surface area contributed by atoms with E-state index in [4.69, 9.17) is 5.73 Å². The molecule has 1 aliphatic rings. The lowest BCUT2D eigenvalue weighted by Crippen LogP contribution is -2.14. The maximum absolute atomic E-state index is 5.65. The average molecular weight is 162 g/mol. The standard InChI is InChI=1S/C10H14N2/c11-7-8-3-1-5-10-9(8)4-2-6-12-10/h1,3,5,12H,2,4,6-7,11H2. The Morgan fingerprint density at radius 2 is 2.33 bits per heavy atom. The monoisotopic (exact) mass is 162 g/mol. The van der Waals surface area contributed by atoms with Gasteiger partial charge in [-0.05, 0) is 30.0 Å². The van der Waals surface area contributed by atoms with Crippen LogP contribution < -0.4 is 11.1 Å². The molecular weight excluding hydrogens is 148 g/mol. The number of nitrogens with two attached hydrogens (primary N) is 1. The fraction of sp³-hybridized carbons (Fsp3) is 0.400. The molecule has 2 nitrogen and oxygen atoms in total. The Labute approximate surface area is 72.8 Å². The summed E-state index contributed by atoms with van der Waals surface area (Å²) >= 11 is 0. The molecule has 3 N–H and O–H groups in total. The third kappa shape index (κ3) is 1.18. The second-order valence-corrected chi connectivity index (χ2v) is 3.18. The van der Waals surface area contributed by atoms with E-state index in [-0.39, 0.29) is 0 Å². The Bertz CT molecular complexity index is 267. The van der Waals surface area contributed by atoms with Gasteiger partial charge in [-0.2, -0.15) is 0 Å². The smallest absolute Gasteiger partial charge is 0.0375 e. The van der Waals surface area contributed by atoms with Crippen LogP contribution in [0.1, 0.15) is 17.5 Å². The molecular formula is C10H14N2. The van der Waals surface area contributed by atoms with Crippen molar-refractivity contribution in [2.75, 3.05) is 11.9 Å². The highest BCUT2D eigenvalue weighted by Gasteiger charge is 2.10. The molecule has 1 heterocycles. The minimum absolute atomic E-state index is 0.658. The lowest BCUT2D eigenvalue weighted by Gasteiger charge is -2.20. The van der Waals surface area contributed by atoms with E-state index in [2.05, 4.69) is 23.5 Å². The van der Waals surface area contributed by atoms with E-state index in [0.29, 0.717) is 6.54 Å². The van der Waals surface area contributed by atoms with Crippen LogP contribution in [0.25, 0.3) is 0 Å². The van der Waals surface area contributed by atoms with Crippen molar-refractivity contribution in [2.45, 2.75) is 19.4 Å². The highest BCUT2D eigenvalue weighted by molar-refractivity contribution is 5.56. The summed E-state index contributed by atoms with van der Waals surface area (Å²) in [5.74, 6) is 0. The van der Waals surface area contributed by atoms with Crippen LogP contribution in [0.5, 0.6) is 0 Å². The van der Waals surface area contributed by atoms with Crippen LogP contribution in [0, 0.1) is 0 Å². The van der Waals surface area contributed by atoms with Gasteiger partial charge in [-0.15, -0.1) is 0 Å². The fourth-order valence-corrected chi connectivity index (χ4v) is 1.77. The largest absolute Gasteiger partial charge is 0.385 e. The van der Waals surface area contributed by atoms with Gasteiger partial charge in [0.2, 0.25) is 0 Å². The highest BCUT2D eigenvalue weighted by Crippen LogP contribution is 2.24. The predicted molar refractivity (Wildman–Crippen MR) is 51.1 cm³/mol. The Balaban J connectivity index is 2.44. The third-order valence-corrected chi connectivity index (χ3v) is 2.41. The van der Waals surface area contributed by atoms with Crippen LogP contribution in [-0.4, -0.2) is 6.54 Å². The van der Waals surface area contributed by atoms with Gasteiger partial charge in [0, 0.05) is 18.8 Å². The van der Waals surface area contributed by atoms with Crippen LogP contribution in [0.2, 0.25) is 0 Å². The lowest BCUT2D eigenvalue weighted by molar-refractivity contribution is 0.814. The summed E-state index contributed by atoms with van der Waals surface area (Å²) in [4.78, 5) is 0. The number of rotatable bonds is 1. The average Bonchev–Trinajstić information content (AvgIpc) is 2.17. The molecule has 1 aromatic carbocycles. The van der Waals surface area contributed by atoms with E-state index in [1.807, 2.05) is 0 Å². The Kier molecular flexibility index (Phi) is 2.00. The molecule has 0 saturated carbocycles. The summed E-state index contributed by atoms with van der Waals surface area (Å²) in [6.45, 7) is 1.76. The quantitative estimate of drug-likeness (QED) is 0.656. The zero-order chi connectivity index (χ0) is 8.39. The van der Waals surface area contributed by atoms with E-state index in [1.165, 1.54) is 29.7 Å². The molecule has 1 aliphatic heterocycles. The van der Waals surface area contributed by atoms with Gasteiger partial charge in [-0.3, -0.25) is 0 Å². The van der Waals surface area contributed by atoms with Gasteiger partial charge in [0.25, 0.3) is 0 Å². The van der Waals surface area contributed by atoms with Crippen molar-refractivity contribution < 1.29 is 0 Å². The summed E-state index contributed by atoms with van der Waals surface area (Å²) in [6, 6.07) is 6.32. The SMILES string of the molecule is NCc1cccc2c1CCCN2. The number of fused-ring (bicyclic) bond motifs is 1. The van der Waals surface area contributed by atoms with Crippen molar-refractivity contribution in [3.05, 3.63) is 29.3 Å². The second-order valence-electron chi connectivity index (χ2n) is 3.18. The van der Waals surface area contributed by atoms with E-state index in [9.17, 15) is 0 Å². The Morgan fingerprint density at radius 3 is 3.17 bits per heavy atom. The Morgan fingerprint density at radius 1 is 1.42 bits per heavy atom. The molecule has 0 fully saturated rings. The van der Waals surface area contributed by atoms with Crippen LogP contribution in [0.15, 0.2) is 18.2 Å². The molecule has 0 spiro atoms. The molecule has 1 aromatic rings. The molecule has 0 atom stereocenters. The topological polar surface area (TPSA) is 38.0 Å². The van der Waals surface area contributed by atoms with E-state index in [1.54, 1.807) is 0 Å². The van der Waals surface area contributed by atoms with Crippen molar-refractivity contribution in [2.24, 2.45) is 5.73 Å². The molecule has 2 heteroatoms. The highest BCUT2D eigenvalue weighted by atomic mass is 14.9. The second kappa shape index (κ2) is 3.15. The molecule has 0 radical (unpaired) electrons. The van der Waals surface area contributed by atoms with Crippen molar-refractivity contribution in [1.29, 1.82) is 0 Å². The minimum Gasteiger partial charge on any atom is -0.385 e. The van der Waals surface area contributed by atoms with E-state index in [0.717, 1.165) is 6.54 Å². The molecule has 0 unspecified atom stereocenters. The minimum atomic E-state index is 0.658. The molecule has 0 aromatic heterocycles. The molecule has 0 bridgehead atoms. The van der Waals surface area contributed by atoms with E-state index < -0.39 is 0 Å². The number of hydrogen-bond donors (Lipinski definition) is 2. The maximum atomic E-state index is 5.65.